The molecule has 0 atom stereocenters. The van der Waals surface area contributed by atoms with Crippen molar-refractivity contribution < 1.29 is 14.3 Å². The number of aldehydes is 1. The molecule has 0 fully saturated rings. The van der Waals surface area contributed by atoms with Crippen LogP contribution in [0.5, 0.6) is 0 Å². The molecule has 0 radical (unpaired) electrons. The van der Waals surface area contributed by atoms with Crippen LogP contribution in [0.15, 0.2) is 30.3 Å². The predicted octanol–water partition coefficient (Wildman–Crippen LogP) is 3.61. The summed E-state index contributed by atoms with van der Waals surface area (Å²) < 4.78 is 10.1. The Kier molecular flexibility index (Phi) is 10.7. The second-order valence-electron chi connectivity index (χ2n) is 3.83. The minimum Gasteiger partial charge on any atom is -0.353 e. The Morgan fingerprint density at radius 2 is 1.74 bits per heavy atom. The quantitative estimate of drug-likeness (QED) is 0.447. The first kappa shape index (κ1) is 17.6. The van der Waals surface area contributed by atoms with Crippen molar-refractivity contribution in [3.05, 3.63) is 41.5 Å². The number of carbonyl (C=O) groups is 1. The lowest BCUT2D eigenvalue weighted by atomic mass is 10.1. The molecular formula is C16H24O3. The lowest BCUT2D eigenvalue weighted by Gasteiger charge is -2.09. The number of hydrogen-bond donors (Lipinski definition) is 0. The zero-order chi connectivity index (χ0) is 14.5. The van der Waals surface area contributed by atoms with Crippen molar-refractivity contribution in [2.24, 2.45) is 0 Å². The first-order chi connectivity index (χ1) is 9.15. The molecule has 0 aliphatic heterocycles. The van der Waals surface area contributed by atoms with Crippen LogP contribution in [0.2, 0.25) is 0 Å². The number of rotatable bonds is 6. The number of benzene rings is 1. The van der Waals surface area contributed by atoms with Crippen molar-refractivity contribution in [3.8, 4) is 0 Å². The molecule has 3 heteroatoms. The Balaban J connectivity index is 0.000000362. The molecule has 0 heterocycles. The van der Waals surface area contributed by atoms with Crippen LogP contribution in [0.25, 0.3) is 6.08 Å². The van der Waals surface area contributed by atoms with E-state index in [0.29, 0.717) is 0 Å². The van der Waals surface area contributed by atoms with Gasteiger partial charge in [0.25, 0.3) is 0 Å². The summed E-state index contributed by atoms with van der Waals surface area (Å²) in [5, 5.41) is 0. The minimum absolute atomic E-state index is 0.0370. The van der Waals surface area contributed by atoms with Crippen molar-refractivity contribution in [1.82, 2.24) is 0 Å². The zero-order valence-corrected chi connectivity index (χ0v) is 12.3. The second-order valence-corrected chi connectivity index (χ2v) is 3.83. The average Bonchev–Trinajstić information content (AvgIpc) is 2.39. The van der Waals surface area contributed by atoms with Crippen molar-refractivity contribution >= 4 is 12.4 Å². The van der Waals surface area contributed by atoms with E-state index in [2.05, 4.69) is 0 Å². The van der Waals surface area contributed by atoms with E-state index in [-0.39, 0.29) is 6.29 Å². The summed E-state index contributed by atoms with van der Waals surface area (Å²) in [6.07, 6.45) is 4.06. The number of allylic oxidation sites excluding steroid dienone is 1. The van der Waals surface area contributed by atoms with Gasteiger partial charge in [0.15, 0.2) is 6.29 Å². The lowest BCUT2D eigenvalue weighted by molar-refractivity contribution is -0.123. The Bertz CT molecular complexity index is 366. The van der Waals surface area contributed by atoms with E-state index < -0.39 is 0 Å². The van der Waals surface area contributed by atoms with E-state index >= 15 is 0 Å². The van der Waals surface area contributed by atoms with Crippen molar-refractivity contribution in [1.29, 1.82) is 0 Å². The van der Waals surface area contributed by atoms with E-state index in [4.69, 9.17) is 9.47 Å². The van der Waals surface area contributed by atoms with Crippen LogP contribution in [-0.4, -0.2) is 25.8 Å². The standard InChI is InChI=1S/C10H10O.C6H14O2/c1-9-5-2-3-6-10(9)7-4-8-11;1-4-7-6(3)8-5-2/h2-8H,1H3;6H,4-5H2,1-3H3/b7-4+;. The monoisotopic (exact) mass is 264 g/mol. The molecule has 1 rings (SSSR count). The topological polar surface area (TPSA) is 35.5 Å². The maximum atomic E-state index is 10.0. The van der Waals surface area contributed by atoms with Gasteiger partial charge < -0.3 is 9.47 Å². The van der Waals surface area contributed by atoms with Gasteiger partial charge in [-0.2, -0.15) is 0 Å². The average molecular weight is 264 g/mol. The lowest BCUT2D eigenvalue weighted by Crippen LogP contribution is -2.11. The van der Waals surface area contributed by atoms with Crippen LogP contribution in [0.1, 0.15) is 31.9 Å². The molecule has 0 unspecified atom stereocenters. The molecule has 19 heavy (non-hydrogen) atoms. The molecule has 0 saturated carbocycles. The summed E-state index contributed by atoms with van der Waals surface area (Å²) in [6.45, 7) is 9.27. The van der Waals surface area contributed by atoms with Crippen molar-refractivity contribution in [3.63, 3.8) is 0 Å². The molecule has 0 aromatic heterocycles. The first-order valence-corrected chi connectivity index (χ1v) is 6.56. The molecule has 3 nitrogen and oxygen atoms in total. The SMILES string of the molecule is CCOC(C)OCC.Cc1ccccc1/C=C/C=O. The van der Waals surface area contributed by atoms with Crippen LogP contribution in [0, 0.1) is 6.92 Å². The molecule has 106 valence electrons. The van der Waals surface area contributed by atoms with Gasteiger partial charge in [-0.15, -0.1) is 0 Å². The molecule has 1 aromatic carbocycles. The normalized spacial score (nSPS) is 10.4. The number of ether oxygens (including phenoxy) is 2. The fourth-order valence-electron chi connectivity index (χ4n) is 1.43. The van der Waals surface area contributed by atoms with Crippen LogP contribution in [0.3, 0.4) is 0 Å². The highest BCUT2D eigenvalue weighted by molar-refractivity contribution is 5.74. The maximum absolute atomic E-state index is 10.0. The third kappa shape index (κ3) is 9.17. The maximum Gasteiger partial charge on any atom is 0.154 e. The minimum atomic E-state index is -0.0370. The second kappa shape index (κ2) is 11.6. The summed E-state index contributed by atoms with van der Waals surface area (Å²) in [4.78, 5) is 10.0. The van der Waals surface area contributed by atoms with E-state index in [1.165, 1.54) is 11.6 Å². The Labute approximate surface area is 116 Å². The zero-order valence-electron chi connectivity index (χ0n) is 12.3. The van der Waals surface area contributed by atoms with Gasteiger partial charge in [0.2, 0.25) is 0 Å². The molecule has 0 aliphatic carbocycles. The van der Waals surface area contributed by atoms with Crippen molar-refractivity contribution in [2.45, 2.75) is 34.0 Å². The van der Waals surface area contributed by atoms with E-state index in [1.807, 2.05) is 58.0 Å². The van der Waals surface area contributed by atoms with Gasteiger partial charge in [0.1, 0.15) is 6.29 Å². The number of carbonyl (C=O) groups excluding carboxylic acids is 1. The molecule has 0 aliphatic rings. The molecule has 0 saturated heterocycles. The summed E-state index contributed by atoms with van der Waals surface area (Å²) in [7, 11) is 0. The highest BCUT2D eigenvalue weighted by Crippen LogP contribution is 2.07. The Morgan fingerprint density at radius 1 is 1.16 bits per heavy atom. The number of hydrogen-bond acceptors (Lipinski definition) is 3. The molecule has 0 amide bonds. The van der Waals surface area contributed by atoms with Gasteiger partial charge >= 0.3 is 0 Å². The summed E-state index contributed by atoms with van der Waals surface area (Å²) >= 11 is 0. The molecule has 1 aromatic rings. The van der Waals surface area contributed by atoms with Crippen LogP contribution < -0.4 is 0 Å². The summed E-state index contributed by atoms with van der Waals surface area (Å²) in [6, 6.07) is 7.94. The highest BCUT2D eigenvalue weighted by atomic mass is 16.7. The largest absolute Gasteiger partial charge is 0.353 e. The van der Waals surface area contributed by atoms with Gasteiger partial charge in [0.05, 0.1) is 0 Å². The fraction of sp³-hybridized carbons (Fsp3) is 0.438. The molecule has 0 N–H and O–H groups in total. The van der Waals surface area contributed by atoms with E-state index in [9.17, 15) is 4.79 Å². The third-order valence-electron chi connectivity index (χ3n) is 2.35. The van der Waals surface area contributed by atoms with Gasteiger partial charge in [-0.05, 0) is 44.9 Å². The molecule has 0 spiro atoms. The van der Waals surface area contributed by atoms with Crippen LogP contribution in [-0.2, 0) is 14.3 Å². The Hall–Kier alpha value is -1.45. The fourth-order valence-corrected chi connectivity index (χ4v) is 1.43. The first-order valence-electron chi connectivity index (χ1n) is 6.56. The van der Waals surface area contributed by atoms with E-state index in [1.54, 1.807) is 0 Å². The third-order valence-corrected chi connectivity index (χ3v) is 2.35. The predicted molar refractivity (Wildman–Crippen MR) is 79.0 cm³/mol. The van der Waals surface area contributed by atoms with Gasteiger partial charge in [-0.25, -0.2) is 0 Å². The van der Waals surface area contributed by atoms with Gasteiger partial charge in [-0.3, -0.25) is 4.79 Å². The van der Waals surface area contributed by atoms with Gasteiger partial charge in [0, 0.05) is 13.2 Å². The molecular weight excluding hydrogens is 240 g/mol. The number of aryl methyl sites for hydroxylation is 1. The summed E-state index contributed by atoms with van der Waals surface area (Å²) in [5.41, 5.74) is 2.28. The highest BCUT2D eigenvalue weighted by Gasteiger charge is 1.94. The summed E-state index contributed by atoms with van der Waals surface area (Å²) in [5.74, 6) is 0. The smallest absolute Gasteiger partial charge is 0.154 e. The Morgan fingerprint density at radius 3 is 2.21 bits per heavy atom. The van der Waals surface area contributed by atoms with Crippen LogP contribution >= 0.6 is 0 Å². The molecule has 0 bridgehead atoms. The van der Waals surface area contributed by atoms with Crippen LogP contribution in [0.4, 0.5) is 0 Å². The van der Waals surface area contributed by atoms with Crippen molar-refractivity contribution in [2.75, 3.05) is 13.2 Å². The van der Waals surface area contributed by atoms with E-state index in [0.717, 1.165) is 25.1 Å². The van der Waals surface area contributed by atoms with Gasteiger partial charge in [-0.1, -0.05) is 30.3 Å².